The average molecular weight is 335 g/mol. The van der Waals surface area contributed by atoms with E-state index in [0.29, 0.717) is 6.04 Å². The Kier molecular flexibility index (Phi) is 6.85. The molecule has 1 fully saturated rings. The molecule has 1 nitrogen and oxygen atoms in total. The fraction of sp³-hybridized carbons (Fsp3) is 0.400. The molecule has 4 heteroatoms. The Morgan fingerprint density at radius 3 is 1.75 bits per heavy atom. The van der Waals surface area contributed by atoms with E-state index in [9.17, 15) is 13.2 Å². The molecule has 24 heavy (non-hydrogen) atoms. The van der Waals surface area contributed by atoms with Crippen LogP contribution in [0.3, 0.4) is 0 Å². The summed E-state index contributed by atoms with van der Waals surface area (Å²) in [7, 11) is 0. The second kappa shape index (κ2) is 8.88. The summed E-state index contributed by atoms with van der Waals surface area (Å²) >= 11 is 0. The van der Waals surface area contributed by atoms with Crippen LogP contribution < -0.4 is 0 Å². The minimum absolute atomic E-state index is 0.594. The number of likely N-dealkylation sites (tertiary alicyclic amines) is 1. The summed E-state index contributed by atoms with van der Waals surface area (Å²) in [6.07, 6.45) is -0.0480. The van der Waals surface area contributed by atoms with Crippen molar-refractivity contribution < 1.29 is 13.2 Å². The van der Waals surface area contributed by atoms with Crippen LogP contribution in [-0.4, -0.2) is 18.0 Å². The summed E-state index contributed by atoms with van der Waals surface area (Å²) in [6.45, 7) is 4.87. The lowest BCUT2D eigenvalue weighted by molar-refractivity contribution is -0.137. The summed E-state index contributed by atoms with van der Waals surface area (Å²) in [5.74, 6) is 0. The van der Waals surface area contributed by atoms with Crippen molar-refractivity contribution in [2.24, 2.45) is 0 Å². The molecule has 0 aromatic heterocycles. The molecular weight excluding hydrogens is 311 g/mol. The minimum Gasteiger partial charge on any atom is -0.297 e. The third-order valence-electron chi connectivity index (χ3n) is 4.32. The number of benzene rings is 2. The van der Waals surface area contributed by atoms with E-state index < -0.39 is 11.7 Å². The van der Waals surface area contributed by atoms with Gasteiger partial charge in [-0.15, -0.1) is 0 Å². The van der Waals surface area contributed by atoms with Gasteiger partial charge in [0.25, 0.3) is 0 Å². The molecular formula is C20H24F3N. The Labute approximate surface area is 142 Å². The van der Waals surface area contributed by atoms with Crippen LogP contribution in [0.2, 0.25) is 0 Å². The summed E-state index contributed by atoms with van der Waals surface area (Å²) in [6, 6.07) is 17.8. The average Bonchev–Trinajstić information content (AvgIpc) is 2.63. The van der Waals surface area contributed by atoms with Crippen molar-refractivity contribution in [3.8, 4) is 0 Å². The van der Waals surface area contributed by atoms with Crippen molar-refractivity contribution in [2.75, 3.05) is 13.1 Å². The van der Waals surface area contributed by atoms with E-state index in [2.05, 4.69) is 42.2 Å². The molecule has 0 saturated carbocycles. The lowest BCUT2D eigenvalue weighted by Gasteiger charge is -2.32. The van der Waals surface area contributed by atoms with Crippen LogP contribution in [0.25, 0.3) is 0 Å². The SMILES string of the molecule is CC(c1ccccc1)N1CCCCC1.FC(F)(F)c1ccccc1. The van der Waals surface area contributed by atoms with Crippen molar-refractivity contribution in [2.45, 2.75) is 38.4 Å². The molecule has 0 N–H and O–H groups in total. The van der Waals surface area contributed by atoms with Crippen LogP contribution in [0, 0.1) is 0 Å². The zero-order valence-corrected chi connectivity index (χ0v) is 14.0. The van der Waals surface area contributed by atoms with Crippen LogP contribution in [0.5, 0.6) is 0 Å². The normalized spacial score (nSPS) is 16.8. The maximum absolute atomic E-state index is 11.8. The van der Waals surface area contributed by atoms with Crippen LogP contribution in [0.15, 0.2) is 60.7 Å². The van der Waals surface area contributed by atoms with Crippen molar-refractivity contribution in [3.63, 3.8) is 0 Å². The van der Waals surface area contributed by atoms with E-state index in [0.717, 1.165) is 12.1 Å². The highest BCUT2D eigenvalue weighted by atomic mass is 19.4. The van der Waals surface area contributed by atoms with Gasteiger partial charge in [-0.25, -0.2) is 0 Å². The largest absolute Gasteiger partial charge is 0.416 e. The molecule has 0 spiro atoms. The maximum Gasteiger partial charge on any atom is 0.416 e. The monoisotopic (exact) mass is 335 g/mol. The number of halogens is 3. The van der Waals surface area contributed by atoms with E-state index in [1.165, 1.54) is 50.0 Å². The highest BCUT2D eigenvalue weighted by Crippen LogP contribution is 2.28. The second-order valence-electron chi connectivity index (χ2n) is 6.05. The maximum atomic E-state index is 11.8. The molecule has 2 aromatic carbocycles. The first kappa shape index (κ1) is 18.5. The van der Waals surface area contributed by atoms with Crippen LogP contribution in [0.1, 0.15) is 43.4 Å². The van der Waals surface area contributed by atoms with Gasteiger partial charge < -0.3 is 0 Å². The summed E-state index contributed by atoms with van der Waals surface area (Å²) in [5, 5.41) is 0. The van der Waals surface area contributed by atoms with Gasteiger partial charge in [-0.1, -0.05) is 67.1 Å². The number of rotatable bonds is 2. The van der Waals surface area contributed by atoms with Gasteiger partial charge in [0.05, 0.1) is 5.56 Å². The third kappa shape index (κ3) is 5.68. The number of nitrogens with zero attached hydrogens (tertiary/aromatic N) is 1. The molecule has 3 rings (SSSR count). The van der Waals surface area contributed by atoms with Crippen molar-refractivity contribution in [1.29, 1.82) is 0 Å². The van der Waals surface area contributed by atoms with E-state index >= 15 is 0 Å². The molecule has 1 aliphatic heterocycles. The lowest BCUT2D eigenvalue weighted by atomic mass is 10.0. The number of hydrogen-bond acceptors (Lipinski definition) is 1. The molecule has 1 unspecified atom stereocenters. The standard InChI is InChI=1S/C13H19N.C7H5F3/c1-12(13-8-4-2-5-9-13)14-10-6-3-7-11-14;8-7(9,10)6-4-2-1-3-5-6/h2,4-5,8-9,12H,3,6-7,10-11H2,1H3;1-5H. The minimum atomic E-state index is -4.21. The zero-order valence-electron chi connectivity index (χ0n) is 14.0. The van der Waals surface area contributed by atoms with E-state index in [-0.39, 0.29) is 0 Å². The first-order valence-electron chi connectivity index (χ1n) is 8.39. The van der Waals surface area contributed by atoms with Crippen LogP contribution >= 0.6 is 0 Å². The number of hydrogen-bond donors (Lipinski definition) is 0. The summed E-state index contributed by atoms with van der Waals surface area (Å²) < 4.78 is 35.4. The number of alkyl halides is 3. The third-order valence-corrected chi connectivity index (χ3v) is 4.32. The second-order valence-corrected chi connectivity index (χ2v) is 6.05. The predicted octanol–water partition coefficient (Wildman–Crippen LogP) is 5.94. The first-order chi connectivity index (χ1) is 11.5. The quantitative estimate of drug-likeness (QED) is 0.656. The Morgan fingerprint density at radius 1 is 0.792 bits per heavy atom. The van der Waals surface area contributed by atoms with E-state index in [1.54, 1.807) is 6.07 Å². The lowest BCUT2D eigenvalue weighted by Crippen LogP contribution is -2.32. The summed E-state index contributed by atoms with van der Waals surface area (Å²) in [5.41, 5.74) is 0.851. The molecule has 0 amide bonds. The highest BCUT2D eigenvalue weighted by molar-refractivity contribution is 5.18. The van der Waals surface area contributed by atoms with Gasteiger partial charge in [-0.05, 0) is 38.4 Å². The smallest absolute Gasteiger partial charge is 0.297 e. The number of piperidine rings is 1. The van der Waals surface area contributed by atoms with Crippen LogP contribution in [-0.2, 0) is 6.18 Å². The van der Waals surface area contributed by atoms with Gasteiger partial charge in [0, 0.05) is 6.04 Å². The molecule has 2 aromatic rings. The van der Waals surface area contributed by atoms with Gasteiger partial charge in [-0.3, -0.25) is 4.90 Å². The van der Waals surface area contributed by atoms with E-state index in [1.807, 2.05) is 0 Å². The summed E-state index contributed by atoms with van der Waals surface area (Å²) in [4.78, 5) is 2.60. The molecule has 0 aliphatic carbocycles. The first-order valence-corrected chi connectivity index (χ1v) is 8.39. The Balaban J connectivity index is 0.000000185. The Hall–Kier alpha value is -1.81. The van der Waals surface area contributed by atoms with E-state index in [4.69, 9.17) is 0 Å². The van der Waals surface area contributed by atoms with Gasteiger partial charge in [0.1, 0.15) is 0 Å². The van der Waals surface area contributed by atoms with Crippen molar-refractivity contribution in [3.05, 3.63) is 71.8 Å². The highest BCUT2D eigenvalue weighted by Gasteiger charge is 2.29. The Morgan fingerprint density at radius 2 is 1.29 bits per heavy atom. The van der Waals surface area contributed by atoms with Crippen molar-refractivity contribution >= 4 is 0 Å². The molecule has 1 aliphatic rings. The molecule has 1 heterocycles. The molecule has 1 saturated heterocycles. The van der Waals surface area contributed by atoms with Gasteiger partial charge in [0.15, 0.2) is 0 Å². The topological polar surface area (TPSA) is 3.24 Å². The fourth-order valence-electron chi connectivity index (χ4n) is 2.88. The van der Waals surface area contributed by atoms with Gasteiger partial charge >= 0.3 is 6.18 Å². The molecule has 130 valence electrons. The fourth-order valence-corrected chi connectivity index (χ4v) is 2.88. The zero-order chi connectivity index (χ0) is 17.4. The molecule has 0 bridgehead atoms. The van der Waals surface area contributed by atoms with Crippen molar-refractivity contribution in [1.82, 2.24) is 4.90 Å². The molecule has 1 atom stereocenters. The Bertz CT molecular complexity index is 575. The van der Waals surface area contributed by atoms with Gasteiger partial charge in [-0.2, -0.15) is 13.2 Å². The van der Waals surface area contributed by atoms with Gasteiger partial charge in [0.2, 0.25) is 0 Å². The van der Waals surface area contributed by atoms with Crippen LogP contribution in [0.4, 0.5) is 13.2 Å². The predicted molar refractivity (Wildman–Crippen MR) is 91.7 cm³/mol. The molecule has 0 radical (unpaired) electrons.